The van der Waals surface area contributed by atoms with E-state index in [0.717, 1.165) is 12.8 Å². The molecule has 1 nitrogen and oxygen atoms in total. The van der Waals surface area contributed by atoms with Gasteiger partial charge in [0.25, 0.3) is 0 Å². The van der Waals surface area contributed by atoms with E-state index in [9.17, 15) is 0 Å². The molecule has 2 aliphatic carbocycles. The van der Waals surface area contributed by atoms with E-state index in [1.165, 1.54) is 55.6 Å². The molecule has 30 heavy (non-hydrogen) atoms. The van der Waals surface area contributed by atoms with E-state index in [-0.39, 0.29) is 5.41 Å². The van der Waals surface area contributed by atoms with Crippen LogP contribution >= 0.6 is 0 Å². The summed E-state index contributed by atoms with van der Waals surface area (Å²) in [6.45, 7) is 2.93. The van der Waals surface area contributed by atoms with Crippen molar-refractivity contribution >= 4 is 0 Å². The average molecular weight is 388 g/mol. The molecule has 1 heteroatoms. The van der Waals surface area contributed by atoms with Gasteiger partial charge in [-0.25, -0.2) is 0 Å². The average Bonchev–Trinajstić information content (AvgIpc) is 3.36. The minimum Gasteiger partial charge on any atom is -0.329 e. The number of hydrogen-bond donors (Lipinski definition) is 1. The summed E-state index contributed by atoms with van der Waals surface area (Å²) >= 11 is 0. The highest BCUT2D eigenvalue weighted by Gasteiger charge is 2.36. The van der Waals surface area contributed by atoms with Gasteiger partial charge in [-0.15, -0.1) is 0 Å². The molecule has 2 N–H and O–H groups in total. The van der Waals surface area contributed by atoms with Crippen molar-refractivity contribution in [2.75, 3.05) is 6.54 Å². The second-order valence-corrected chi connectivity index (χ2v) is 8.87. The Morgan fingerprint density at radius 2 is 1.03 bits per heavy atom. The molecule has 0 aromatic heterocycles. The van der Waals surface area contributed by atoms with Gasteiger partial charge < -0.3 is 5.73 Å². The number of nitrogens with two attached hydrogens (primary N) is 1. The summed E-state index contributed by atoms with van der Waals surface area (Å²) < 4.78 is 0. The van der Waals surface area contributed by atoms with Crippen molar-refractivity contribution in [2.24, 2.45) is 5.73 Å². The van der Waals surface area contributed by atoms with E-state index in [0.29, 0.717) is 6.54 Å². The fourth-order valence-electron chi connectivity index (χ4n) is 5.71. The van der Waals surface area contributed by atoms with Crippen LogP contribution in [-0.4, -0.2) is 6.54 Å². The van der Waals surface area contributed by atoms with E-state index < -0.39 is 0 Å². The summed E-state index contributed by atoms with van der Waals surface area (Å²) in [7, 11) is 0. The molecular weight excluding hydrogens is 362 g/mol. The van der Waals surface area contributed by atoms with E-state index in [4.69, 9.17) is 5.73 Å². The zero-order valence-corrected chi connectivity index (χ0v) is 17.3. The molecule has 2 aliphatic rings. The molecule has 0 saturated heterocycles. The lowest BCUT2D eigenvalue weighted by molar-refractivity contribution is 0.575. The van der Waals surface area contributed by atoms with E-state index in [2.05, 4.69) is 91.9 Å². The van der Waals surface area contributed by atoms with Crippen LogP contribution in [0.4, 0.5) is 0 Å². The van der Waals surface area contributed by atoms with Crippen molar-refractivity contribution in [1.82, 2.24) is 0 Å². The van der Waals surface area contributed by atoms with Gasteiger partial charge in [-0.2, -0.15) is 0 Å². The van der Waals surface area contributed by atoms with Crippen molar-refractivity contribution in [1.29, 1.82) is 0 Å². The van der Waals surface area contributed by atoms with Gasteiger partial charge in [-0.05, 0) is 68.5 Å². The molecule has 0 radical (unpaired) electrons. The summed E-state index contributed by atoms with van der Waals surface area (Å²) in [5.74, 6) is 0. The first-order valence-electron chi connectivity index (χ1n) is 10.8. The zero-order valence-electron chi connectivity index (χ0n) is 17.3. The van der Waals surface area contributed by atoms with Gasteiger partial charge in [0.15, 0.2) is 0 Å². The third-order valence-corrected chi connectivity index (χ3v) is 7.30. The molecule has 0 bridgehead atoms. The Morgan fingerprint density at radius 3 is 1.50 bits per heavy atom. The van der Waals surface area contributed by atoms with Crippen LogP contribution in [0.2, 0.25) is 0 Å². The second-order valence-electron chi connectivity index (χ2n) is 8.87. The SMILES string of the molecule is CC(CN)(c1cccc2c1Cc1ccccc1-2)c1cccc2c1Cc1ccccc1-2. The third-order valence-electron chi connectivity index (χ3n) is 7.30. The molecule has 0 unspecified atom stereocenters. The summed E-state index contributed by atoms with van der Waals surface area (Å²) in [5.41, 5.74) is 20.3. The first-order chi connectivity index (χ1) is 14.7. The van der Waals surface area contributed by atoms with Gasteiger partial charge in [-0.3, -0.25) is 0 Å². The van der Waals surface area contributed by atoms with Crippen molar-refractivity contribution in [2.45, 2.75) is 25.2 Å². The highest BCUT2D eigenvalue weighted by Crippen LogP contribution is 2.47. The van der Waals surface area contributed by atoms with Gasteiger partial charge >= 0.3 is 0 Å². The molecule has 0 fully saturated rings. The molecular formula is C29H25N. The number of fused-ring (bicyclic) bond motifs is 6. The highest BCUT2D eigenvalue weighted by atomic mass is 14.6. The predicted molar refractivity (Wildman–Crippen MR) is 125 cm³/mol. The molecule has 4 aromatic rings. The van der Waals surface area contributed by atoms with Crippen LogP contribution < -0.4 is 5.73 Å². The van der Waals surface area contributed by atoms with Crippen molar-refractivity contribution in [3.63, 3.8) is 0 Å². The van der Waals surface area contributed by atoms with Crippen LogP contribution in [0.1, 0.15) is 40.3 Å². The molecule has 0 atom stereocenters. The van der Waals surface area contributed by atoms with Gasteiger partial charge in [0.05, 0.1) is 0 Å². The molecule has 0 spiro atoms. The lowest BCUT2D eigenvalue weighted by Crippen LogP contribution is -2.35. The smallest absolute Gasteiger partial charge is 0.0303 e. The van der Waals surface area contributed by atoms with E-state index >= 15 is 0 Å². The van der Waals surface area contributed by atoms with E-state index in [1.54, 1.807) is 0 Å². The van der Waals surface area contributed by atoms with Crippen LogP contribution in [0.25, 0.3) is 22.3 Å². The lowest BCUT2D eigenvalue weighted by atomic mass is 9.71. The topological polar surface area (TPSA) is 26.0 Å². The maximum Gasteiger partial charge on any atom is 0.0303 e. The van der Waals surface area contributed by atoms with Crippen LogP contribution in [0, 0.1) is 0 Å². The molecule has 0 aliphatic heterocycles. The van der Waals surface area contributed by atoms with Crippen LogP contribution in [0.15, 0.2) is 84.9 Å². The standard InChI is InChI=1S/C29H25N/c1-29(18-30,27-14-6-12-23-21-10-4-2-8-19(21)16-25(23)27)28-15-7-13-24-22-11-5-3-9-20(22)17-26(24)28/h2-15H,16-18,30H2,1H3. The Hall–Kier alpha value is -3.16. The Kier molecular flexibility index (Phi) is 3.78. The monoisotopic (exact) mass is 387 g/mol. The number of hydrogen-bond acceptors (Lipinski definition) is 1. The molecule has 0 saturated carbocycles. The minimum atomic E-state index is -0.221. The molecule has 4 aromatic carbocycles. The minimum absolute atomic E-state index is 0.221. The second kappa shape index (κ2) is 6.42. The first-order valence-corrected chi connectivity index (χ1v) is 10.8. The fourth-order valence-corrected chi connectivity index (χ4v) is 5.71. The van der Waals surface area contributed by atoms with Gasteiger partial charge in [-0.1, -0.05) is 91.9 Å². The molecule has 0 heterocycles. The molecule has 146 valence electrons. The molecule has 0 amide bonds. The largest absolute Gasteiger partial charge is 0.329 e. The maximum atomic E-state index is 6.57. The van der Waals surface area contributed by atoms with Crippen molar-refractivity contribution in [3.05, 3.63) is 118 Å². The Labute approximate surface area is 178 Å². The Balaban J connectivity index is 1.55. The maximum absolute atomic E-state index is 6.57. The number of rotatable bonds is 3. The van der Waals surface area contributed by atoms with Gasteiger partial charge in [0, 0.05) is 12.0 Å². The first kappa shape index (κ1) is 17.7. The third kappa shape index (κ3) is 2.33. The van der Waals surface area contributed by atoms with Crippen molar-refractivity contribution < 1.29 is 0 Å². The Bertz CT molecular complexity index is 1200. The normalized spacial score (nSPS) is 13.5. The lowest BCUT2D eigenvalue weighted by Gasteiger charge is -2.33. The summed E-state index contributed by atoms with van der Waals surface area (Å²) in [4.78, 5) is 0. The van der Waals surface area contributed by atoms with E-state index in [1.807, 2.05) is 0 Å². The van der Waals surface area contributed by atoms with Crippen LogP contribution in [0.3, 0.4) is 0 Å². The fraction of sp³-hybridized carbons (Fsp3) is 0.172. The quantitative estimate of drug-likeness (QED) is 0.390. The zero-order chi connectivity index (χ0) is 20.3. The van der Waals surface area contributed by atoms with Gasteiger partial charge in [0.1, 0.15) is 0 Å². The molecule has 6 rings (SSSR count). The summed E-state index contributed by atoms with van der Waals surface area (Å²) in [5, 5.41) is 0. The van der Waals surface area contributed by atoms with Crippen LogP contribution in [-0.2, 0) is 18.3 Å². The van der Waals surface area contributed by atoms with Gasteiger partial charge in [0.2, 0.25) is 0 Å². The Morgan fingerprint density at radius 1 is 0.600 bits per heavy atom. The predicted octanol–water partition coefficient (Wildman–Crippen LogP) is 6.09. The summed E-state index contributed by atoms with van der Waals surface area (Å²) in [6, 6.07) is 31.2. The highest BCUT2D eigenvalue weighted by molar-refractivity contribution is 5.81. The van der Waals surface area contributed by atoms with Crippen LogP contribution in [0.5, 0.6) is 0 Å². The van der Waals surface area contributed by atoms with Crippen molar-refractivity contribution in [3.8, 4) is 22.3 Å². The summed E-state index contributed by atoms with van der Waals surface area (Å²) in [6.07, 6.45) is 1.99. The number of benzene rings is 4.